The average molecular weight is 309 g/mol. The number of unbranched alkanes of at least 4 members (excludes halogenated alkanes) is 6. The Morgan fingerprint density at radius 3 is 2.05 bits per heavy atom. The summed E-state index contributed by atoms with van der Waals surface area (Å²) in [4.78, 5) is 22.7. The largest absolute Gasteiger partial charge is 1.00 e. The first-order chi connectivity index (χ1) is 9.47. The summed E-state index contributed by atoms with van der Waals surface area (Å²) in [6.45, 7) is 6.11. The molecule has 0 spiro atoms. The van der Waals surface area contributed by atoms with Crippen LogP contribution in [0.1, 0.15) is 80.0 Å². The number of carboxylic acids is 1. The van der Waals surface area contributed by atoms with Crippen LogP contribution in [0.2, 0.25) is 0 Å². The summed E-state index contributed by atoms with van der Waals surface area (Å²) in [7, 11) is 0. The van der Waals surface area contributed by atoms with Crippen molar-refractivity contribution in [1.29, 1.82) is 0 Å². The van der Waals surface area contributed by atoms with Crippen molar-refractivity contribution in [2.24, 2.45) is 5.92 Å². The molecule has 5 heteroatoms. The quantitative estimate of drug-likeness (QED) is 0.415. The average Bonchev–Trinajstić information content (AvgIpc) is 2.36. The standard InChI is InChI=1S/C16H31NO3.Na.H/c1-4-5-6-7-8-9-10-11-15(18)17-14(16(19)20)12-13(2)3;;/h13-14H,4-12H2,1-3H3,(H,17,18)(H,19,20);;/q;+1;-1. The molecule has 0 aromatic rings. The van der Waals surface area contributed by atoms with E-state index in [1.165, 1.54) is 32.1 Å². The molecule has 0 heterocycles. The van der Waals surface area contributed by atoms with Crippen LogP contribution < -0.4 is 34.9 Å². The molecule has 1 unspecified atom stereocenters. The number of aliphatic carboxylic acids is 1. The fraction of sp³-hybridized carbons (Fsp3) is 0.875. The van der Waals surface area contributed by atoms with Crippen LogP contribution >= 0.6 is 0 Å². The van der Waals surface area contributed by atoms with E-state index in [2.05, 4.69) is 12.2 Å². The van der Waals surface area contributed by atoms with Crippen LogP contribution in [0.4, 0.5) is 0 Å². The van der Waals surface area contributed by atoms with E-state index in [9.17, 15) is 9.59 Å². The second-order valence-corrected chi connectivity index (χ2v) is 5.96. The van der Waals surface area contributed by atoms with Gasteiger partial charge in [-0.05, 0) is 18.8 Å². The summed E-state index contributed by atoms with van der Waals surface area (Å²) in [5.74, 6) is -0.812. The van der Waals surface area contributed by atoms with E-state index in [4.69, 9.17) is 5.11 Å². The van der Waals surface area contributed by atoms with E-state index in [-0.39, 0.29) is 42.8 Å². The van der Waals surface area contributed by atoms with Crippen LogP contribution in [0.25, 0.3) is 0 Å². The summed E-state index contributed by atoms with van der Waals surface area (Å²) in [5, 5.41) is 11.7. The zero-order valence-corrected chi connectivity index (χ0v) is 16.3. The van der Waals surface area contributed by atoms with Crippen molar-refractivity contribution >= 4 is 11.9 Å². The van der Waals surface area contributed by atoms with Crippen LogP contribution in [0.5, 0.6) is 0 Å². The van der Waals surface area contributed by atoms with E-state index in [1.807, 2.05) is 13.8 Å². The van der Waals surface area contributed by atoms with Gasteiger partial charge >= 0.3 is 35.5 Å². The van der Waals surface area contributed by atoms with Gasteiger partial charge in [0.15, 0.2) is 0 Å². The van der Waals surface area contributed by atoms with E-state index < -0.39 is 12.0 Å². The first-order valence-electron chi connectivity index (χ1n) is 7.99. The summed E-state index contributed by atoms with van der Waals surface area (Å²) in [6, 6.07) is -0.743. The van der Waals surface area contributed by atoms with Crippen LogP contribution in [0, 0.1) is 5.92 Å². The van der Waals surface area contributed by atoms with Gasteiger partial charge in [-0.2, -0.15) is 0 Å². The summed E-state index contributed by atoms with van der Waals surface area (Å²) >= 11 is 0. The number of carbonyl (C=O) groups is 2. The maximum atomic E-state index is 11.7. The third-order valence-corrected chi connectivity index (χ3v) is 3.35. The van der Waals surface area contributed by atoms with Crippen molar-refractivity contribution in [2.75, 3.05) is 0 Å². The predicted molar refractivity (Wildman–Crippen MR) is 82.7 cm³/mol. The fourth-order valence-corrected chi connectivity index (χ4v) is 2.20. The van der Waals surface area contributed by atoms with Crippen molar-refractivity contribution in [3.8, 4) is 0 Å². The van der Waals surface area contributed by atoms with Gasteiger partial charge in [-0.1, -0.05) is 59.3 Å². The van der Waals surface area contributed by atoms with Gasteiger partial charge in [0.25, 0.3) is 0 Å². The Hall–Kier alpha value is -0.0600. The molecule has 0 aliphatic heterocycles. The van der Waals surface area contributed by atoms with Gasteiger partial charge in [0.2, 0.25) is 5.91 Å². The van der Waals surface area contributed by atoms with Gasteiger partial charge in [0.05, 0.1) is 0 Å². The van der Waals surface area contributed by atoms with E-state index in [0.29, 0.717) is 12.8 Å². The Kier molecular flexibility index (Phi) is 16.4. The summed E-state index contributed by atoms with van der Waals surface area (Å²) in [5.41, 5.74) is 0. The molecular weight excluding hydrogens is 277 g/mol. The van der Waals surface area contributed by atoms with E-state index >= 15 is 0 Å². The number of hydrogen-bond acceptors (Lipinski definition) is 2. The second-order valence-electron chi connectivity index (χ2n) is 5.96. The Labute approximate surface area is 153 Å². The number of carboxylic acid groups (broad SMARTS) is 1. The number of nitrogens with one attached hydrogen (secondary N) is 1. The second kappa shape index (κ2) is 14.9. The zero-order valence-electron chi connectivity index (χ0n) is 15.3. The van der Waals surface area contributed by atoms with Gasteiger partial charge in [0, 0.05) is 6.42 Å². The molecule has 0 aromatic carbocycles. The fourth-order valence-electron chi connectivity index (χ4n) is 2.20. The first kappa shape index (κ1) is 23.2. The molecule has 0 bridgehead atoms. The number of hydrogen-bond donors (Lipinski definition) is 2. The Morgan fingerprint density at radius 2 is 1.57 bits per heavy atom. The SMILES string of the molecule is CCCCCCCCCC(=O)NC(CC(C)C)C(=O)O.[H-].[Na+]. The van der Waals surface area contributed by atoms with Crippen LogP contribution in [0.15, 0.2) is 0 Å². The van der Waals surface area contributed by atoms with Gasteiger partial charge in [-0.15, -0.1) is 0 Å². The summed E-state index contributed by atoms with van der Waals surface area (Å²) < 4.78 is 0. The van der Waals surface area contributed by atoms with Crippen molar-refractivity contribution in [3.05, 3.63) is 0 Å². The molecular formula is C16H32NNaO3. The maximum Gasteiger partial charge on any atom is 1.00 e. The minimum absolute atomic E-state index is 0. The zero-order chi connectivity index (χ0) is 15.4. The van der Waals surface area contributed by atoms with Gasteiger partial charge in [-0.25, -0.2) is 4.79 Å². The molecule has 0 aromatic heterocycles. The molecule has 21 heavy (non-hydrogen) atoms. The number of carbonyl (C=O) groups excluding carboxylic acids is 1. The molecule has 0 radical (unpaired) electrons. The van der Waals surface area contributed by atoms with Crippen molar-refractivity contribution in [2.45, 2.75) is 84.6 Å². The monoisotopic (exact) mass is 309 g/mol. The first-order valence-corrected chi connectivity index (χ1v) is 7.99. The van der Waals surface area contributed by atoms with Crippen molar-refractivity contribution in [1.82, 2.24) is 5.32 Å². The molecule has 4 nitrogen and oxygen atoms in total. The van der Waals surface area contributed by atoms with Crippen molar-refractivity contribution in [3.63, 3.8) is 0 Å². The normalized spacial score (nSPS) is 11.8. The van der Waals surface area contributed by atoms with Gasteiger partial charge in [-0.3, -0.25) is 4.79 Å². The smallest absolute Gasteiger partial charge is 1.00 e. The maximum absolute atomic E-state index is 11.7. The molecule has 2 N–H and O–H groups in total. The molecule has 1 atom stereocenters. The van der Waals surface area contributed by atoms with E-state index in [0.717, 1.165) is 12.8 Å². The van der Waals surface area contributed by atoms with E-state index in [1.54, 1.807) is 0 Å². The Balaban J connectivity index is -0.00000180. The van der Waals surface area contributed by atoms with Crippen LogP contribution in [0.3, 0.4) is 0 Å². The molecule has 0 aliphatic carbocycles. The third kappa shape index (κ3) is 14.6. The molecule has 0 saturated heterocycles. The van der Waals surface area contributed by atoms with Crippen molar-refractivity contribution < 1.29 is 45.7 Å². The van der Waals surface area contributed by atoms with Gasteiger partial charge < -0.3 is 11.8 Å². The number of amides is 1. The van der Waals surface area contributed by atoms with Crippen LogP contribution in [-0.2, 0) is 9.59 Å². The predicted octanol–water partition coefficient (Wildman–Crippen LogP) is 0.859. The minimum Gasteiger partial charge on any atom is -1.00 e. The molecule has 0 fully saturated rings. The third-order valence-electron chi connectivity index (χ3n) is 3.35. The topological polar surface area (TPSA) is 66.4 Å². The summed E-state index contributed by atoms with van der Waals surface area (Å²) in [6.07, 6.45) is 9.05. The molecule has 1 amide bonds. The minimum atomic E-state index is -0.938. The molecule has 0 rings (SSSR count). The van der Waals surface area contributed by atoms with Crippen LogP contribution in [-0.4, -0.2) is 23.0 Å². The van der Waals surface area contributed by atoms with Gasteiger partial charge in [0.1, 0.15) is 6.04 Å². The molecule has 0 aliphatic rings. The Morgan fingerprint density at radius 1 is 1.05 bits per heavy atom. The number of rotatable bonds is 12. The molecule has 0 saturated carbocycles. The molecule has 120 valence electrons. The Bertz CT molecular complexity index is 289.